The van der Waals surface area contributed by atoms with E-state index in [2.05, 4.69) is 20.9 Å². The van der Waals surface area contributed by atoms with Crippen LogP contribution < -0.4 is 0 Å². The number of halogens is 2. The second kappa shape index (κ2) is 4.72. The van der Waals surface area contributed by atoms with Gasteiger partial charge in [0.05, 0.1) is 26.8 Å². The van der Waals surface area contributed by atoms with Gasteiger partial charge in [-0.1, -0.05) is 6.07 Å². The van der Waals surface area contributed by atoms with Crippen molar-refractivity contribution in [3.8, 4) is 5.69 Å². The van der Waals surface area contributed by atoms with Gasteiger partial charge in [-0.15, -0.1) is 0 Å². The number of fused-ring (bicyclic) bond motifs is 1. The van der Waals surface area contributed by atoms with Gasteiger partial charge in [-0.2, -0.15) is 0 Å². The Morgan fingerprint density at radius 1 is 1.30 bits per heavy atom. The highest BCUT2D eigenvalue weighted by Gasteiger charge is 2.14. The van der Waals surface area contributed by atoms with Crippen LogP contribution in [0.3, 0.4) is 0 Å². The van der Waals surface area contributed by atoms with Crippen LogP contribution in [-0.2, 0) is 0 Å². The fourth-order valence-electron chi connectivity index (χ4n) is 2.07. The summed E-state index contributed by atoms with van der Waals surface area (Å²) < 4.78 is 15.5. The number of hydrogen-bond donors (Lipinski definition) is 1. The number of imidazole rings is 1. The predicted octanol–water partition coefficient (Wildman–Crippen LogP) is 3.63. The summed E-state index contributed by atoms with van der Waals surface area (Å²) in [4.78, 5) is 15.5. The third kappa shape index (κ3) is 1.98. The van der Waals surface area contributed by atoms with E-state index in [9.17, 15) is 14.3 Å². The standard InChI is InChI=1S/C14H8BrFN2O2/c15-10-5-4-8(6-11(10)16)18-7-17-12-3-1-2-9(13(12)18)14(19)20/h1-7H,(H,19,20). The predicted molar refractivity (Wildman–Crippen MR) is 75.7 cm³/mol. The Bertz CT molecular complexity index is 829. The van der Waals surface area contributed by atoms with Crippen LogP contribution in [0.1, 0.15) is 10.4 Å². The molecular formula is C14H8BrFN2O2. The lowest BCUT2D eigenvalue weighted by molar-refractivity contribution is 0.0698. The fraction of sp³-hybridized carbons (Fsp3) is 0. The molecule has 0 bridgehead atoms. The molecule has 20 heavy (non-hydrogen) atoms. The van der Waals surface area contributed by atoms with Crippen molar-refractivity contribution in [2.75, 3.05) is 0 Å². The Hall–Kier alpha value is -2.21. The molecule has 3 aromatic rings. The number of nitrogens with zero attached hydrogens (tertiary/aromatic N) is 2. The zero-order valence-electron chi connectivity index (χ0n) is 10.0. The summed E-state index contributed by atoms with van der Waals surface area (Å²) in [6.45, 7) is 0. The van der Waals surface area contributed by atoms with Crippen molar-refractivity contribution in [1.29, 1.82) is 0 Å². The molecule has 0 saturated carbocycles. The lowest BCUT2D eigenvalue weighted by atomic mass is 10.2. The van der Waals surface area contributed by atoms with Crippen molar-refractivity contribution in [2.45, 2.75) is 0 Å². The summed E-state index contributed by atoms with van der Waals surface area (Å²) in [5.74, 6) is -1.47. The van der Waals surface area contributed by atoms with Gasteiger partial charge in [-0.05, 0) is 46.3 Å². The van der Waals surface area contributed by atoms with E-state index in [1.54, 1.807) is 28.8 Å². The van der Waals surface area contributed by atoms with Gasteiger partial charge in [0.15, 0.2) is 0 Å². The van der Waals surface area contributed by atoms with Crippen LogP contribution in [0.2, 0.25) is 0 Å². The zero-order valence-corrected chi connectivity index (χ0v) is 11.6. The molecular weight excluding hydrogens is 327 g/mol. The maximum absolute atomic E-state index is 13.6. The molecule has 0 saturated heterocycles. The van der Waals surface area contributed by atoms with Gasteiger partial charge in [0.2, 0.25) is 0 Å². The second-order valence-corrected chi connectivity index (χ2v) is 5.05. The van der Waals surface area contributed by atoms with E-state index >= 15 is 0 Å². The van der Waals surface area contributed by atoms with Crippen molar-refractivity contribution in [2.24, 2.45) is 0 Å². The largest absolute Gasteiger partial charge is 0.478 e. The van der Waals surface area contributed by atoms with Crippen molar-refractivity contribution in [3.05, 3.63) is 58.6 Å². The molecule has 0 spiro atoms. The third-order valence-electron chi connectivity index (χ3n) is 2.98. The van der Waals surface area contributed by atoms with E-state index in [1.807, 2.05) is 0 Å². The van der Waals surface area contributed by atoms with Crippen LogP contribution in [0, 0.1) is 5.82 Å². The summed E-state index contributed by atoms with van der Waals surface area (Å²) in [5, 5.41) is 9.25. The first-order chi connectivity index (χ1) is 9.58. The Kier molecular flexibility index (Phi) is 3.02. The van der Waals surface area contributed by atoms with Crippen molar-refractivity contribution < 1.29 is 14.3 Å². The average Bonchev–Trinajstić information content (AvgIpc) is 2.85. The minimum Gasteiger partial charge on any atom is -0.478 e. The molecule has 1 aromatic heterocycles. The Morgan fingerprint density at radius 3 is 2.80 bits per heavy atom. The number of benzene rings is 2. The molecule has 0 aliphatic heterocycles. The van der Waals surface area contributed by atoms with Crippen LogP contribution in [0.15, 0.2) is 47.2 Å². The molecule has 0 radical (unpaired) electrons. The minimum absolute atomic E-state index is 0.128. The number of para-hydroxylation sites is 1. The summed E-state index contributed by atoms with van der Waals surface area (Å²) in [6, 6.07) is 9.42. The van der Waals surface area contributed by atoms with E-state index in [0.29, 0.717) is 21.2 Å². The summed E-state index contributed by atoms with van der Waals surface area (Å²) >= 11 is 3.09. The van der Waals surface area contributed by atoms with Crippen LogP contribution in [0.25, 0.3) is 16.7 Å². The van der Waals surface area contributed by atoms with Crippen LogP contribution in [0.4, 0.5) is 4.39 Å². The zero-order chi connectivity index (χ0) is 14.3. The quantitative estimate of drug-likeness (QED) is 0.778. The SMILES string of the molecule is O=C(O)c1cccc2ncn(-c3ccc(Br)c(F)c3)c12. The Morgan fingerprint density at radius 2 is 2.10 bits per heavy atom. The van der Waals surface area contributed by atoms with Gasteiger partial charge in [0.25, 0.3) is 0 Å². The molecule has 0 aliphatic rings. The van der Waals surface area contributed by atoms with Gasteiger partial charge in [0, 0.05) is 0 Å². The molecule has 0 fully saturated rings. The normalized spacial score (nSPS) is 10.9. The molecule has 3 rings (SSSR count). The Balaban J connectivity index is 2.31. The lowest BCUT2D eigenvalue weighted by Crippen LogP contribution is -2.02. The number of hydrogen-bond acceptors (Lipinski definition) is 2. The van der Waals surface area contributed by atoms with Crippen molar-refractivity contribution >= 4 is 32.9 Å². The third-order valence-corrected chi connectivity index (χ3v) is 3.62. The topological polar surface area (TPSA) is 55.1 Å². The number of carboxylic acid groups (broad SMARTS) is 1. The minimum atomic E-state index is -1.05. The van der Waals surface area contributed by atoms with E-state index in [1.165, 1.54) is 18.5 Å². The van der Waals surface area contributed by atoms with Crippen molar-refractivity contribution in [3.63, 3.8) is 0 Å². The first kappa shape index (κ1) is 12.8. The van der Waals surface area contributed by atoms with E-state index < -0.39 is 11.8 Å². The molecule has 2 aromatic carbocycles. The number of carbonyl (C=O) groups is 1. The van der Waals surface area contributed by atoms with Gasteiger partial charge < -0.3 is 5.11 Å². The van der Waals surface area contributed by atoms with E-state index in [-0.39, 0.29) is 5.56 Å². The van der Waals surface area contributed by atoms with Gasteiger partial charge in [-0.25, -0.2) is 14.2 Å². The Labute approximate surface area is 121 Å². The molecule has 1 heterocycles. The first-order valence-corrected chi connectivity index (χ1v) is 6.52. The molecule has 4 nitrogen and oxygen atoms in total. The molecule has 0 aliphatic carbocycles. The summed E-state index contributed by atoms with van der Waals surface area (Å²) in [7, 11) is 0. The van der Waals surface area contributed by atoms with E-state index in [0.717, 1.165) is 0 Å². The number of carboxylic acids is 1. The molecule has 0 unspecified atom stereocenters. The maximum atomic E-state index is 13.6. The molecule has 1 N–H and O–H groups in total. The fourth-order valence-corrected chi connectivity index (χ4v) is 2.32. The average molecular weight is 335 g/mol. The lowest BCUT2D eigenvalue weighted by Gasteiger charge is -2.07. The van der Waals surface area contributed by atoms with Gasteiger partial charge in [-0.3, -0.25) is 4.57 Å². The van der Waals surface area contributed by atoms with Gasteiger partial charge in [0.1, 0.15) is 12.1 Å². The molecule has 100 valence electrons. The number of rotatable bonds is 2. The van der Waals surface area contributed by atoms with Crippen molar-refractivity contribution in [1.82, 2.24) is 9.55 Å². The monoisotopic (exact) mass is 334 g/mol. The van der Waals surface area contributed by atoms with E-state index in [4.69, 9.17) is 0 Å². The maximum Gasteiger partial charge on any atom is 0.337 e. The first-order valence-electron chi connectivity index (χ1n) is 5.72. The highest BCUT2D eigenvalue weighted by molar-refractivity contribution is 9.10. The highest BCUT2D eigenvalue weighted by atomic mass is 79.9. The van der Waals surface area contributed by atoms with Crippen LogP contribution in [-0.4, -0.2) is 20.6 Å². The molecule has 6 heteroatoms. The van der Waals surface area contributed by atoms with Crippen LogP contribution >= 0.6 is 15.9 Å². The molecule has 0 atom stereocenters. The summed E-state index contributed by atoms with van der Waals surface area (Å²) in [5.41, 5.74) is 1.64. The number of aromatic nitrogens is 2. The molecule has 0 amide bonds. The summed E-state index contributed by atoms with van der Waals surface area (Å²) in [6.07, 6.45) is 1.49. The highest BCUT2D eigenvalue weighted by Crippen LogP contribution is 2.24. The van der Waals surface area contributed by atoms with Crippen LogP contribution in [0.5, 0.6) is 0 Å². The van der Waals surface area contributed by atoms with Gasteiger partial charge >= 0.3 is 5.97 Å². The smallest absolute Gasteiger partial charge is 0.337 e. The number of aromatic carboxylic acids is 1. The second-order valence-electron chi connectivity index (χ2n) is 4.19.